The van der Waals surface area contributed by atoms with Crippen LogP contribution in [0.25, 0.3) is 0 Å². The minimum atomic E-state index is 0.0793. The van der Waals surface area contributed by atoms with Crippen molar-refractivity contribution in [2.24, 2.45) is 5.73 Å². The lowest BCUT2D eigenvalue weighted by Gasteiger charge is -2.08. The zero-order chi connectivity index (χ0) is 8.97. The number of benzene rings is 1. The van der Waals surface area contributed by atoms with E-state index in [1.807, 2.05) is 30.3 Å². The lowest BCUT2D eigenvalue weighted by molar-refractivity contribution is 0.742. The van der Waals surface area contributed by atoms with Crippen LogP contribution in [0.2, 0.25) is 0 Å². The molecule has 64 valence electrons. The molecule has 0 fully saturated rings. The molecule has 0 bridgehead atoms. The van der Waals surface area contributed by atoms with Crippen LogP contribution >= 0.6 is 15.9 Å². The van der Waals surface area contributed by atoms with Gasteiger partial charge in [-0.25, -0.2) is 0 Å². The van der Waals surface area contributed by atoms with Gasteiger partial charge in [0.1, 0.15) is 0 Å². The lowest BCUT2D eigenvalue weighted by Crippen LogP contribution is -2.08. The Kier molecular flexibility index (Phi) is 3.50. The highest BCUT2D eigenvalue weighted by Crippen LogP contribution is 2.17. The molecule has 0 spiro atoms. The molecule has 0 aliphatic carbocycles. The van der Waals surface area contributed by atoms with Gasteiger partial charge in [0.05, 0.1) is 0 Å². The second kappa shape index (κ2) is 4.43. The Morgan fingerprint density at radius 1 is 1.42 bits per heavy atom. The standard InChI is InChI=1S/C10H12BrN/c1-2-3-10(12)8-4-6-9(11)7-5-8/h2,4-7,10H,1,3,12H2/t10-/m0/s1. The van der Waals surface area contributed by atoms with E-state index < -0.39 is 0 Å². The fourth-order valence-corrected chi connectivity index (χ4v) is 1.29. The van der Waals surface area contributed by atoms with Gasteiger partial charge in [0.2, 0.25) is 0 Å². The van der Waals surface area contributed by atoms with Crippen LogP contribution in [-0.2, 0) is 0 Å². The molecule has 0 amide bonds. The van der Waals surface area contributed by atoms with E-state index in [0.29, 0.717) is 0 Å². The number of hydrogen-bond acceptors (Lipinski definition) is 1. The second-order valence-electron chi connectivity index (χ2n) is 2.68. The largest absolute Gasteiger partial charge is 0.324 e. The molecular formula is C10H12BrN. The summed E-state index contributed by atoms with van der Waals surface area (Å²) in [5, 5.41) is 0. The summed E-state index contributed by atoms with van der Waals surface area (Å²) in [6.45, 7) is 3.65. The van der Waals surface area contributed by atoms with E-state index in [1.165, 1.54) is 0 Å². The van der Waals surface area contributed by atoms with Crippen LogP contribution in [0.15, 0.2) is 41.4 Å². The summed E-state index contributed by atoms with van der Waals surface area (Å²) in [4.78, 5) is 0. The molecule has 0 saturated heterocycles. The molecule has 0 saturated carbocycles. The minimum Gasteiger partial charge on any atom is -0.324 e. The third kappa shape index (κ3) is 2.47. The van der Waals surface area contributed by atoms with Gasteiger partial charge in [-0.2, -0.15) is 0 Å². The van der Waals surface area contributed by atoms with Crippen molar-refractivity contribution >= 4 is 15.9 Å². The SMILES string of the molecule is C=CC[C@H](N)c1ccc(Br)cc1. The molecule has 0 unspecified atom stereocenters. The summed E-state index contributed by atoms with van der Waals surface area (Å²) >= 11 is 3.37. The lowest BCUT2D eigenvalue weighted by atomic mass is 10.1. The molecule has 1 nitrogen and oxygen atoms in total. The topological polar surface area (TPSA) is 26.0 Å². The van der Waals surface area contributed by atoms with Crippen LogP contribution in [0, 0.1) is 0 Å². The molecule has 12 heavy (non-hydrogen) atoms. The van der Waals surface area contributed by atoms with Crippen molar-refractivity contribution in [3.63, 3.8) is 0 Å². The van der Waals surface area contributed by atoms with Crippen molar-refractivity contribution in [1.82, 2.24) is 0 Å². The van der Waals surface area contributed by atoms with E-state index in [-0.39, 0.29) is 6.04 Å². The summed E-state index contributed by atoms with van der Waals surface area (Å²) in [5.41, 5.74) is 7.02. The highest BCUT2D eigenvalue weighted by Gasteiger charge is 2.01. The molecule has 1 atom stereocenters. The Labute approximate surface area is 81.4 Å². The van der Waals surface area contributed by atoms with Gasteiger partial charge in [-0.3, -0.25) is 0 Å². The maximum Gasteiger partial charge on any atom is 0.0329 e. The van der Waals surface area contributed by atoms with Gasteiger partial charge in [-0.1, -0.05) is 34.1 Å². The Balaban J connectivity index is 2.74. The van der Waals surface area contributed by atoms with Crippen molar-refractivity contribution in [3.05, 3.63) is 47.0 Å². The third-order valence-electron chi connectivity index (χ3n) is 1.72. The van der Waals surface area contributed by atoms with Gasteiger partial charge in [0.25, 0.3) is 0 Å². The molecule has 2 heteroatoms. The summed E-state index contributed by atoms with van der Waals surface area (Å²) in [7, 11) is 0. The fourth-order valence-electron chi connectivity index (χ4n) is 1.03. The zero-order valence-electron chi connectivity index (χ0n) is 6.83. The molecule has 1 aromatic carbocycles. The van der Waals surface area contributed by atoms with E-state index >= 15 is 0 Å². The van der Waals surface area contributed by atoms with E-state index in [4.69, 9.17) is 5.73 Å². The average Bonchev–Trinajstić information content (AvgIpc) is 2.06. The predicted molar refractivity (Wildman–Crippen MR) is 55.9 cm³/mol. The van der Waals surface area contributed by atoms with Crippen molar-refractivity contribution in [2.45, 2.75) is 12.5 Å². The van der Waals surface area contributed by atoms with E-state index in [0.717, 1.165) is 16.5 Å². The Hall–Kier alpha value is -0.600. The van der Waals surface area contributed by atoms with Crippen LogP contribution in [0.1, 0.15) is 18.0 Å². The molecule has 1 aromatic rings. The van der Waals surface area contributed by atoms with Gasteiger partial charge >= 0.3 is 0 Å². The number of nitrogens with two attached hydrogens (primary N) is 1. The molecule has 0 aromatic heterocycles. The van der Waals surface area contributed by atoms with Crippen LogP contribution in [0.3, 0.4) is 0 Å². The summed E-state index contributed by atoms with van der Waals surface area (Å²) < 4.78 is 1.08. The first kappa shape index (κ1) is 9.49. The van der Waals surface area contributed by atoms with Crippen LogP contribution in [-0.4, -0.2) is 0 Å². The van der Waals surface area contributed by atoms with Crippen molar-refractivity contribution in [3.8, 4) is 0 Å². The molecule has 0 aliphatic rings. The predicted octanol–water partition coefficient (Wildman–Crippen LogP) is 3.03. The maximum absolute atomic E-state index is 5.87. The number of halogens is 1. The smallest absolute Gasteiger partial charge is 0.0329 e. The van der Waals surface area contributed by atoms with E-state index in [9.17, 15) is 0 Å². The van der Waals surface area contributed by atoms with Gasteiger partial charge in [0, 0.05) is 10.5 Å². The molecular weight excluding hydrogens is 214 g/mol. The van der Waals surface area contributed by atoms with Crippen LogP contribution in [0.4, 0.5) is 0 Å². The van der Waals surface area contributed by atoms with Gasteiger partial charge in [0.15, 0.2) is 0 Å². The average molecular weight is 226 g/mol. The monoisotopic (exact) mass is 225 g/mol. The minimum absolute atomic E-state index is 0.0793. The van der Waals surface area contributed by atoms with E-state index in [2.05, 4.69) is 22.5 Å². The molecule has 2 N–H and O–H groups in total. The summed E-state index contributed by atoms with van der Waals surface area (Å²) in [6, 6.07) is 8.13. The Morgan fingerprint density at radius 2 is 2.00 bits per heavy atom. The quantitative estimate of drug-likeness (QED) is 0.787. The van der Waals surface area contributed by atoms with Gasteiger partial charge < -0.3 is 5.73 Å². The van der Waals surface area contributed by atoms with Crippen LogP contribution in [0.5, 0.6) is 0 Å². The first-order chi connectivity index (χ1) is 5.74. The molecule has 0 radical (unpaired) electrons. The summed E-state index contributed by atoms with van der Waals surface area (Å²) in [5.74, 6) is 0. The van der Waals surface area contributed by atoms with Gasteiger partial charge in [-0.05, 0) is 24.1 Å². The highest BCUT2D eigenvalue weighted by atomic mass is 79.9. The molecule has 0 heterocycles. The number of hydrogen-bond donors (Lipinski definition) is 1. The van der Waals surface area contributed by atoms with Crippen molar-refractivity contribution in [2.75, 3.05) is 0 Å². The first-order valence-electron chi connectivity index (χ1n) is 3.86. The molecule has 0 aliphatic heterocycles. The highest BCUT2D eigenvalue weighted by molar-refractivity contribution is 9.10. The first-order valence-corrected chi connectivity index (χ1v) is 4.65. The fraction of sp³-hybridized carbons (Fsp3) is 0.200. The normalized spacial score (nSPS) is 12.5. The Morgan fingerprint density at radius 3 is 2.50 bits per heavy atom. The summed E-state index contributed by atoms with van der Waals surface area (Å²) in [6.07, 6.45) is 2.66. The van der Waals surface area contributed by atoms with E-state index in [1.54, 1.807) is 0 Å². The Bertz CT molecular complexity index is 253. The third-order valence-corrected chi connectivity index (χ3v) is 2.25. The zero-order valence-corrected chi connectivity index (χ0v) is 8.42. The van der Waals surface area contributed by atoms with Gasteiger partial charge in [-0.15, -0.1) is 6.58 Å². The number of rotatable bonds is 3. The maximum atomic E-state index is 5.87. The van der Waals surface area contributed by atoms with Crippen LogP contribution < -0.4 is 5.73 Å². The second-order valence-corrected chi connectivity index (χ2v) is 3.60. The van der Waals surface area contributed by atoms with Crippen molar-refractivity contribution < 1.29 is 0 Å². The molecule has 1 rings (SSSR count). The van der Waals surface area contributed by atoms with Crippen molar-refractivity contribution in [1.29, 1.82) is 0 Å².